The van der Waals surface area contributed by atoms with Crippen molar-refractivity contribution in [2.75, 3.05) is 13.7 Å². The smallest absolute Gasteiger partial charge is 0.254 e. The van der Waals surface area contributed by atoms with Gasteiger partial charge in [-0.2, -0.15) is 5.10 Å². The molecule has 0 saturated carbocycles. The Labute approximate surface area is 151 Å². The van der Waals surface area contributed by atoms with Crippen LogP contribution < -0.4 is 4.74 Å². The largest absolute Gasteiger partial charge is 0.497 e. The number of carbonyl (C=O) groups excluding carboxylic acids is 1. The molecule has 1 amide bonds. The van der Waals surface area contributed by atoms with Crippen molar-refractivity contribution in [1.82, 2.24) is 29.4 Å². The SMILES string of the molecule is COc1cccc(C(=O)N2CCc3c(c(-c4nncn4C)nn3C)C2)c1. The molecule has 0 bridgehead atoms. The fraction of sp³-hybridized carbons (Fsp3) is 0.333. The Kier molecular flexibility index (Phi) is 3.95. The summed E-state index contributed by atoms with van der Waals surface area (Å²) in [5.74, 6) is 1.37. The fourth-order valence-electron chi connectivity index (χ4n) is 3.38. The number of carbonyl (C=O) groups is 1. The lowest BCUT2D eigenvalue weighted by Crippen LogP contribution is -2.36. The minimum atomic E-state index is -0.0117. The van der Waals surface area contributed by atoms with Crippen LogP contribution in [0.1, 0.15) is 21.6 Å². The van der Waals surface area contributed by atoms with E-state index in [1.54, 1.807) is 19.5 Å². The minimum absolute atomic E-state index is 0.0117. The number of aryl methyl sites for hydroxylation is 2. The summed E-state index contributed by atoms with van der Waals surface area (Å²) in [5.41, 5.74) is 3.58. The van der Waals surface area contributed by atoms with Crippen molar-refractivity contribution in [3.8, 4) is 17.3 Å². The molecule has 3 aromatic rings. The maximum absolute atomic E-state index is 13.0. The van der Waals surface area contributed by atoms with Crippen LogP contribution >= 0.6 is 0 Å². The maximum atomic E-state index is 13.0. The number of amides is 1. The number of benzene rings is 1. The third-order valence-electron chi connectivity index (χ3n) is 4.77. The van der Waals surface area contributed by atoms with Gasteiger partial charge in [0.1, 0.15) is 17.8 Å². The van der Waals surface area contributed by atoms with Crippen LogP contribution in [0.5, 0.6) is 5.75 Å². The summed E-state index contributed by atoms with van der Waals surface area (Å²) >= 11 is 0. The number of hydrogen-bond acceptors (Lipinski definition) is 5. The van der Waals surface area contributed by atoms with Gasteiger partial charge in [0.05, 0.1) is 13.7 Å². The Hall–Kier alpha value is -3.16. The standard InChI is InChI=1S/C18H20N6O2/c1-22-11-19-20-17(22)16-14-10-24(8-7-15(14)23(2)21-16)18(25)12-5-4-6-13(9-12)26-3/h4-6,9,11H,7-8,10H2,1-3H3. The lowest BCUT2D eigenvalue weighted by Gasteiger charge is -2.27. The van der Waals surface area contributed by atoms with Crippen molar-refractivity contribution >= 4 is 5.91 Å². The molecule has 0 atom stereocenters. The van der Waals surface area contributed by atoms with E-state index in [4.69, 9.17) is 4.74 Å². The molecular formula is C18H20N6O2. The summed E-state index contributed by atoms with van der Waals surface area (Å²) in [6, 6.07) is 7.24. The van der Waals surface area contributed by atoms with Crippen molar-refractivity contribution in [1.29, 1.82) is 0 Å². The molecule has 3 heterocycles. The highest BCUT2D eigenvalue weighted by molar-refractivity contribution is 5.94. The van der Waals surface area contributed by atoms with Crippen LogP contribution in [-0.2, 0) is 27.1 Å². The summed E-state index contributed by atoms with van der Waals surface area (Å²) in [5, 5.41) is 12.7. The Morgan fingerprint density at radius 3 is 2.85 bits per heavy atom. The molecule has 0 N–H and O–H groups in total. The van der Waals surface area contributed by atoms with Crippen LogP contribution in [0, 0.1) is 0 Å². The molecule has 0 fully saturated rings. The van der Waals surface area contributed by atoms with E-state index in [1.165, 1.54) is 0 Å². The Morgan fingerprint density at radius 1 is 1.27 bits per heavy atom. The molecule has 0 unspecified atom stereocenters. The summed E-state index contributed by atoms with van der Waals surface area (Å²) in [6.45, 7) is 1.16. The molecule has 8 nitrogen and oxygen atoms in total. The van der Waals surface area contributed by atoms with Gasteiger partial charge in [0.15, 0.2) is 5.82 Å². The predicted molar refractivity (Wildman–Crippen MR) is 94.6 cm³/mol. The molecule has 1 aromatic carbocycles. The second kappa shape index (κ2) is 6.29. The lowest BCUT2D eigenvalue weighted by molar-refractivity contribution is 0.0733. The van der Waals surface area contributed by atoms with Crippen molar-refractivity contribution in [3.05, 3.63) is 47.4 Å². The Balaban J connectivity index is 1.67. The number of nitrogens with zero attached hydrogens (tertiary/aromatic N) is 6. The van der Waals surface area contributed by atoms with Crippen LogP contribution in [0.2, 0.25) is 0 Å². The molecular weight excluding hydrogens is 332 g/mol. The van der Waals surface area contributed by atoms with Crippen molar-refractivity contribution in [2.45, 2.75) is 13.0 Å². The van der Waals surface area contributed by atoms with Crippen LogP contribution in [0.15, 0.2) is 30.6 Å². The van der Waals surface area contributed by atoms with Gasteiger partial charge in [-0.3, -0.25) is 9.48 Å². The first-order valence-corrected chi connectivity index (χ1v) is 8.41. The molecule has 0 saturated heterocycles. The van der Waals surface area contributed by atoms with Crippen LogP contribution in [-0.4, -0.2) is 49.0 Å². The van der Waals surface area contributed by atoms with Gasteiger partial charge in [-0.1, -0.05) is 6.07 Å². The zero-order valence-corrected chi connectivity index (χ0v) is 15.0. The second-order valence-corrected chi connectivity index (χ2v) is 6.37. The highest BCUT2D eigenvalue weighted by atomic mass is 16.5. The topological polar surface area (TPSA) is 78.1 Å². The average Bonchev–Trinajstić information content (AvgIpc) is 3.23. The van der Waals surface area contributed by atoms with Crippen molar-refractivity contribution < 1.29 is 9.53 Å². The highest BCUT2D eigenvalue weighted by Gasteiger charge is 2.29. The molecule has 8 heteroatoms. The third-order valence-corrected chi connectivity index (χ3v) is 4.77. The fourth-order valence-corrected chi connectivity index (χ4v) is 3.38. The highest BCUT2D eigenvalue weighted by Crippen LogP contribution is 2.29. The van der Waals surface area contributed by atoms with Crippen molar-refractivity contribution in [3.63, 3.8) is 0 Å². The number of ether oxygens (including phenoxy) is 1. The van der Waals surface area contributed by atoms with Gasteiger partial charge in [0.2, 0.25) is 0 Å². The van der Waals surface area contributed by atoms with E-state index in [9.17, 15) is 4.79 Å². The van der Waals surface area contributed by atoms with E-state index >= 15 is 0 Å². The van der Waals surface area contributed by atoms with Gasteiger partial charge in [-0.05, 0) is 18.2 Å². The summed E-state index contributed by atoms with van der Waals surface area (Å²) < 4.78 is 8.95. The molecule has 0 aliphatic carbocycles. The normalized spacial score (nSPS) is 13.6. The van der Waals surface area contributed by atoms with Gasteiger partial charge < -0.3 is 14.2 Å². The molecule has 26 heavy (non-hydrogen) atoms. The number of hydrogen-bond donors (Lipinski definition) is 0. The van der Waals surface area contributed by atoms with Crippen LogP contribution in [0.3, 0.4) is 0 Å². The van der Waals surface area contributed by atoms with E-state index in [-0.39, 0.29) is 5.91 Å². The van der Waals surface area contributed by atoms with Gasteiger partial charge in [0, 0.05) is 43.9 Å². The minimum Gasteiger partial charge on any atom is -0.497 e. The molecule has 1 aliphatic rings. The van der Waals surface area contributed by atoms with E-state index in [0.29, 0.717) is 30.2 Å². The first kappa shape index (κ1) is 16.3. The van der Waals surface area contributed by atoms with E-state index in [2.05, 4.69) is 15.3 Å². The second-order valence-electron chi connectivity index (χ2n) is 6.37. The molecule has 4 rings (SSSR count). The van der Waals surface area contributed by atoms with Crippen LogP contribution in [0.4, 0.5) is 0 Å². The van der Waals surface area contributed by atoms with Crippen LogP contribution in [0.25, 0.3) is 11.5 Å². The molecule has 0 spiro atoms. The maximum Gasteiger partial charge on any atom is 0.254 e. The number of rotatable bonds is 3. The first-order valence-electron chi connectivity index (χ1n) is 8.41. The summed E-state index contributed by atoms with van der Waals surface area (Å²) in [4.78, 5) is 14.8. The number of methoxy groups -OCH3 is 1. The Bertz CT molecular complexity index is 974. The molecule has 134 valence electrons. The van der Waals surface area contributed by atoms with Gasteiger partial charge in [0.25, 0.3) is 5.91 Å². The Morgan fingerprint density at radius 2 is 2.12 bits per heavy atom. The zero-order valence-electron chi connectivity index (χ0n) is 15.0. The zero-order chi connectivity index (χ0) is 18.3. The molecule has 2 aromatic heterocycles. The number of fused-ring (bicyclic) bond motifs is 1. The molecule has 0 radical (unpaired) electrons. The average molecular weight is 352 g/mol. The monoisotopic (exact) mass is 352 g/mol. The number of aromatic nitrogens is 5. The summed E-state index contributed by atoms with van der Waals surface area (Å²) in [6.07, 6.45) is 2.41. The first-order chi connectivity index (χ1) is 12.6. The third kappa shape index (κ3) is 2.63. The lowest BCUT2D eigenvalue weighted by atomic mass is 10.0. The van der Waals surface area contributed by atoms with Crippen molar-refractivity contribution in [2.24, 2.45) is 14.1 Å². The quantitative estimate of drug-likeness (QED) is 0.712. The van der Waals surface area contributed by atoms with Gasteiger partial charge in [-0.25, -0.2) is 0 Å². The van der Waals surface area contributed by atoms with E-state index in [1.807, 2.05) is 46.4 Å². The van der Waals surface area contributed by atoms with E-state index < -0.39 is 0 Å². The predicted octanol–water partition coefficient (Wildman–Crippen LogP) is 1.42. The summed E-state index contributed by atoms with van der Waals surface area (Å²) in [7, 11) is 5.41. The van der Waals surface area contributed by atoms with Gasteiger partial charge in [-0.15, -0.1) is 10.2 Å². The van der Waals surface area contributed by atoms with Gasteiger partial charge >= 0.3 is 0 Å². The molecule has 1 aliphatic heterocycles. The van der Waals surface area contributed by atoms with E-state index in [0.717, 1.165) is 23.4 Å².